The van der Waals surface area contributed by atoms with E-state index in [1.54, 1.807) is 4.90 Å². The molecule has 6 rings (SSSR count). The summed E-state index contributed by atoms with van der Waals surface area (Å²) in [5.74, 6) is -1.42. The SMILES string of the molecule is Cn1c(-c2cn(CC(F)F)nc2C(F)(F)F)cnc1C(=O)Nc1ccc(C(=O)N[C@H]2[C@@H]3CN(C(=O)N[C@H]4C[C@@H](NC(=O)O)C4)C[C@@H]32)c(Cl)c1. The lowest BCUT2D eigenvalue weighted by Gasteiger charge is -2.36. The Balaban J connectivity index is 1.02. The molecule has 20 heteroatoms. The van der Waals surface area contributed by atoms with Crippen LogP contribution in [-0.4, -0.2) is 90.9 Å². The number of carbonyl (C=O) groups excluding carboxylic acids is 3. The molecule has 14 nitrogen and oxygen atoms in total. The molecule has 1 aromatic carbocycles. The summed E-state index contributed by atoms with van der Waals surface area (Å²) in [6.45, 7) is -0.149. The molecule has 0 unspecified atom stereocenters. The number of carboxylic acid groups (broad SMARTS) is 1. The molecule has 262 valence electrons. The molecule has 5 N–H and O–H groups in total. The molecular formula is C29H29ClF5N9O5. The molecule has 3 fully saturated rings. The van der Waals surface area contributed by atoms with Gasteiger partial charge in [-0.3, -0.25) is 14.3 Å². The number of piperidine rings is 1. The molecule has 3 aromatic rings. The summed E-state index contributed by atoms with van der Waals surface area (Å²) in [5.41, 5.74) is -1.82. The molecule has 2 aromatic heterocycles. The number of halogens is 6. The molecular weight excluding hydrogens is 685 g/mol. The second-order valence-corrected chi connectivity index (χ2v) is 12.6. The van der Waals surface area contributed by atoms with Crippen molar-refractivity contribution in [2.75, 3.05) is 18.4 Å². The zero-order chi connectivity index (χ0) is 35.4. The third-order valence-electron chi connectivity index (χ3n) is 8.87. The van der Waals surface area contributed by atoms with Crippen LogP contribution in [-0.2, 0) is 19.8 Å². The van der Waals surface area contributed by atoms with E-state index in [-0.39, 0.29) is 63.8 Å². The maximum absolute atomic E-state index is 13.6. The minimum Gasteiger partial charge on any atom is -0.465 e. The van der Waals surface area contributed by atoms with Crippen LogP contribution in [0, 0.1) is 11.8 Å². The zero-order valence-electron chi connectivity index (χ0n) is 25.5. The van der Waals surface area contributed by atoms with Crippen LogP contribution in [0.3, 0.4) is 0 Å². The molecule has 0 bridgehead atoms. The summed E-state index contributed by atoms with van der Waals surface area (Å²) < 4.78 is 68.0. The molecule has 3 heterocycles. The predicted molar refractivity (Wildman–Crippen MR) is 161 cm³/mol. The van der Waals surface area contributed by atoms with Gasteiger partial charge in [-0.15, -0.1) is 0 Å². The van der Waals surface area contributed by atoms with Gasteiger partial charge in [0.25, 0.3) is 18.2 Å². The monoisotopic (exact) mass is 713 g/mol. The Labute approximate surface area is 279 Å². The summed E-state index contributed by atoms with van der Waals surface area (Å²) in [5, 5.41) is 22.7. The number of likely N-dealkylation sites (tertiary alicyclic amines) is 1. The predicted octanol–water partition coefficient (Wildman–Crippen LogP) is 3.64. The first-order valence-corrected chi connectivity index (χ1v) is 15.4. The quantitative estimate of drug-likeness (QED) is 0.211. The lowest BCUT2D eigenvalue weighted by atomic mass is 9.87. The fourth-order valence-corrected chi connectivity index (χ4v) is 6.58. The molecule has 1 aliphatic heterocycles. The van der Waals surface area contributed by atoms with Gasteiger partial charge >= 0.3 is 18.3 Å². The first kappa shape index (κ1) is 33.9. The average Bonchev–Trinajstić information content (AvgIpc) is 3.40. The van der Waals surface area contributed by atoms with Crippen LogP contribution >= 0.6 is 11.6 Å². The Kier molecular flexibility index (Phi) is 8.89. The molecule has 3 atom stereocenters. The van der Waals surface area contributed by atoms with E-state index in [0.717, 1.165) is 17.0 Å². The van der Waals surface area contributed by atoms with Crippen molar-refractivity contribution < 1.29 is 46.2 Å². The van der Waals surface area contributed by atoms with Gasteiger partial charge in [0.15, 0.2) is 11.5 Å². The summed E-state index contributed by atoms with van der Waals surface area (Å²) in [6, 6.07) is 3.47. The van der Waals surface area contributed by atoms with E-state index >= 15 is 0 Å². The van der Waals surface area contributed by atoms with Gasteiger partial charge in [0.2, 0.25) is 0 Å². The van der Waals surface area contributed by atoms with E-state index < -0.39 is 48.3 Å². The van der Waals surface area contributed by atoms with Gasteiger partial charge in [0.1, 0.15) is 6.54 Å². The van der Waals surface area contributed by atoms with Crippen molar-refractivity contribution in [2.45, 2.75) is 50.1 Å². The number of anilines is 1. The van der Waals surface area contributed by atoms with Gasteiger partial charge in [-0.1, -0.05) is 11.6 Å². The second kappa shape index (κ2) is 12.8. The number of fused-ring (bicyclic) bond motifs is 1. The molecule has 0 spiro atoms. The van der Waals surface area contributed by atoms with E-state index in [1.807, 2.05) is 0 Å². The minimum atomic E-state index is -4.96. The normalized spacial score (nSPS) is 22.7. The van der Waals surface area contributed by atoms with Crippen molar-refractivity contribution >= 4 is 41.2 Å². The van der Waals surface area contributed by atoms with Crippen LogP contribution in [0.5, 0.6) is 0 Å². The second-order valence-electron chi connectivity index (χ2n) is 12.2. The van der Waals surface area contributed by atoms with Gasteiger partial charge in [-0.2, -0.15) is 18.3 Å². The van der Waals surface area contributed by atoms with Crippen LogP contribution in [0.4, 0.5) is 37.2 Å². The number of hydrogen-bond acceptors (Lipinski definition) is 6. The van der Waals surface area contributed by atoms with E-state index in [2.05, 4.69) is 31.3 Å². The molecule has 49 heavy (non-hydrogen) atoms. The van der Waals surface area contributed by atoms with E-state index in [1.165, 1.54) is 25.2 Å². The maximum Gasteiger partial charge on any atom is 0.435 e. The van der Waals surface area contributed by atoms with Crippen molar-refractivity contribution in [3.63, 3.8) is 0 Å². The summed E-state index contributed by atoms with van der Waals surface area (Å²) in [7, 11) is 1.28. The van der Waals surface area contributed by atoms with Gasteiger partial charge in [0.05, 0.1) is 28.0 Å². The maximum atomic E-state index is 13.6. The Morgan fingerprint density at radius 1 is 1.04 bits per heavy atom. The number of rotatable bonds is 9. The topological polar surface area (TPSA) is 176 Å². The van der Waals surface area contributed by atoms with Crippen molar-refractivity contribution in [3.8, 4) is 11.3 Å². The number of hydrogen-bond donors (Lipinski definition) is 5. The molecule has 2 saturated carbocycles. The number of alkyl halides is 5. The molecule has 3 aliphatic rings. The first-order valence-electron chi connectivity index (χ1n) is 15.0. The minimum absolute atomic E-state index is 0.0140. The zero-order valence-corrected chi connectivity index (χ0v) is 26.2. The van der Waals surface area contributed by atoms with Crippen molar-refractivity contribution in [2.24, 2.45) is 18.9 Å². The lowest BCUT2D eigenvalue weighted by Crippen LogP contribution is -2.56. The fourth-order valence-electron chi connectivity index (χ4n) is 6.32. The van der Waals surface area contributed by atoms with Crippen molar-refractivity contribution in [1.29, 1.82) is 0 Å². The lowest BCUT2D eigenvalue weighted by molar-refractivity contribution is -0.141. The number of nitrogens with zero attached hydrogens (tertiary/aromatic N) is 5. The number of carbonyl (C=O) groups is 4. The molecule has 0 radical (unpaired) electrons. The van der Waals surface area contributed by atoms with Gasteiger partial charge in [-0.25, -0.2) is 23.4 Å². The van der Waals surface area contributed by atoms with Gasteiger partial charge in [-0.05, 0) is 31.0 Å². The average molecular weight is 714 g/mol. The number of imidazole rings is 1. The molecule has 2 aliphatic carbocycles. The van der Waals surface area contributed by atoms with Gasteiger partial charge < -0.3 is 35.8 Å². The number of aromatic nitrogens is 4. The van der Waals surface area contributed by atoms with E-state index in [0.29, 0.717) is 30.6 Å². The van der Waals surface area contributed by atoms with Gasteiger partial charge in [0, 0.05) is 62.0 Å². The highest BCUT2D eigenvalue weighted by Gasteiger charge is 2.57. The van der Waals surface area contributed by atoms with E-state index in [9.17, 15) is 41.1 Å². The van der Waals surface area contributed by atoms with Crippen LogP contribution in [0.15, 0.2) is 30.6 Å². The van der Waals surface area contributed by atoms with Crippen molar-refractivity contribution in [3.05, 3.63) is 52.7 Å². The standard InChI is InChI=1S/C29H29ClF5N9O5/c1-42-20(18-10-44(11-21(31)32)41-23(18)29(33,34)35)7-36-24(42)26(46)37-12-2-3-15(19(30)6-12)25(45)40-22-16-8-43(9-17(16)22)27(47)38-13-4-14(5-13)39-28(48)49/h2-3,6-7,10,13-14,16-17,21-22,39H,4-5,8-9,11H2,1H3,(H,37,46)(H,38,47)(H,40,45)(H,48,49)/t13-,14+,16-,17+,22+. The van der Waals surface area contributed by atoms with Crippen LogP contribution in [0.1, 0.15) is 39.5 Å². The highest BCUT2D eigenvalue weighted by Crippen LogP contribution is 2.46. The van der Waals surface area contributed by atoms with Crippen LogP contribution in [0.25, 0.3) is 11.3 Å². The third kappa shape index (κ3) is 7.11. The third-order valence-corrected chi connectivity index (χ3v) is 9.18. The molecule has 1 saturated heterocycles. The summed E-state index contributed by atoms with van der Waals surface area (Å²) >= 11 is 6.36. The number of amides is 5. The largest absolute Gasteiger partial charge is 0.465 e. The Hall–Kier alpha value is -4.94. The van der Waals surface area contributed by atoms with Crippen LogP contribution in [0.2, 0.25) is 5.02 Å². The van der Waals surface area contributed by atoms with E-state index in [4.69, 9.17) is 16.7 Å². The smallest absolute Gasteiger partial charge is 0.435 e. The summed E-state index contributed by atoms with van der Waals surface area (Å²) in [4.78, 5) is 54.8. The van der Waals surface area contributed by atoms with Crippen molar-refractivity contribution in [1.82, 2.24) is 40.2 Å². The highest BCUT2D eigenvalue weighted by molar-refractivity contribution is 6.34. The Morgan fingerprint density at radius 3 is 2.33 bits per heavy atom. The fraction of sp³-hybridized carbons (Fsp3) is 0.448. The number of urea groups is 1. The van der Waals surface area contributed by atoms with Crippen LogP contribution < -0.4 is 21.3 Å². The summed E-state index contributed by atoms with van der Waals surface area (Å²) in [6.07, 6.45) is -6.14. The Bertz CT molecular complexity index is 1800. The molecule has 5 amide bonds. The highest BCUT2D eigenvalue weighted by atomic mass is 35.5. The first-order chi connectivity index (χ1) is 23.1. The number of benzene rings is 1. The number of nitrogens with one attached hydrogen (secondary N) is 4. The Morgan fingerprint density at radius 2 is 1.71 bits per heavy atom.